The van der Waals surface area contributed by atoms with Gasteiger partial charge in [-0.25, -0.2) is 4.79 Å². The van der Waals surface area contributed by atoms with Crippen LogP contribution in [0.1, 0.15) is 68.2 Å². The molecule has 26 heavy (non-hydrogen) atoms. The Balaban J connectivity index is 4.48. The first-order chi connectivity index (χ1) is 11.7. The van der Waals surface area contributed by atoms with E-state index in [1.54, 1.807) is 6.08 Å². The van der Waals surface area contributed by atoms with E-state index in [1.165, 1.54) is 0 Å². The number of rotatable bonds is 8. The maximum absolute atomic E-state index is 12.1. The van der Waals surface area contributed by atoms with Crippen molar-refractivity contribution in [3.63, 3.8) is 0 Å². The van der Waals surface area contributed by atoms with Gasteiger partial charge in [-0.1, -0.05) is 44.6 Å². The summed E-state index contributed by atoms with van der Waals surface area (Å²) in [5.41, 5.74) is 1.14. The molecule has 0 N–H and O–H groups in total. The predicted octanol–water partition coefficient (Wildman–Crippen LogP) is 6.58. The molecule has 0 atom stereocenters. The fraction of sp³-hybridized carbons (Fsp3) is 0.682. The summed E-state index contributed by atoms with van der Waals surface area (Å²) in [7, 11) is -1.64. The van der Waals surface area contributed by atoms with Gasteiger partial charge in [-0.05, 0) is 71.7 Å². The van der Waals surface area contributed by atoms with E-state index in [0.717, 1.165) is 25.0 Å². The van der Waals surface area contributed by atoms with Gasteiger partial charge >= 0.3 is 5.97 Å². The zero-order valence-corrected chi connectivity index (χ0v) is 19.7. The second-order valence-corrected chi connectivity index (χ2v) is 14.1. The lowest BCUT2D eigenvalue weighted by atomic mass is 10.1. The molecule has 0 aliphatic rings. The molecule has 0 saturated carbocycles. The van der Waals surface area contributed by atoms with E-state index in [-0.39, 0.29) is 11.0 Å². The highest BCUT2D eigenvalue weighted by molar-refractivity contribution is 6.74. The molecule has 0 saturated heterocycles. The summed E-state index contributed by atoms with van der Waals surface area (Å²) in [4.78, 5) is 12.1. The third-order valence-corrected chi connectivity index (χ3v) is 9.03. The van der Waals surface area contributed by atoms with Crippen LogP contribution in [0.4, 0.5) is 0 Å². The van der Waals surface area contributed by atoms with Gasteiger partial charge in [-0.2, -0.15) is 0 Å². The molecule has 0 fully saturated rings. The minimum atomic E-state index is -1.64. The van der Waals surface area contributed by atoms with E-state index in [1.807, 2.05) is 40.7 Å². The minimum Gasteiger partial charge on any atom is -0.456 e. The molecular formula is C22H40O3Si. The van der Waals surface area contributed by atoms with E-state index in [4.69, 9.17) is 9.16 Å². The van der Waals surface area contributed by atoms with Crippen molar-refractivity contribution < 1.29 is 14.0 Å². The van der Waals surface area contributed by atoms with E-state index in [0.29, 0.717) is 5.57 Å². The Kier molecular flexibility index (Phi) is 9.82. The molecule has 0 spiro atoms. The van der Waals surface area contributed by atoms with Gasteiger partial charge in [-0.3, -0.25) is 0 Å². The molecule has 3 nitrogen and oxygen atoms in total. The van der Waals surface area contributed by atoms with Crippen LogP contribution >= 0.6 is 0 Å². The maximum Gasteiger partial charge on any atom is 0.338 e. The zero-order chi connectivity index (χ0) is 20.6. The van der Waals surface area contributed by atoms with Crippen LogP contribution in [-0.4, -0.2) is 26.5 Å². The predicted molar refractivity (Wildman–Crippen MR) is 115 cm³/mol. The summed E-state index contributed by atoms with van der Waals surface area (Å²) < 4.78 is 11.6. The monoisotopic (exact) mass is 380 g/mol. The van der Waals surface area contributed by atoms with E-state index >= 15 is 0 Å². The van der Waals surface area contributed by atoms with Crippen LogP contribution in [0.15, 0.2) is 35.5 Å². The number of hydrogen-bond acceptors (Lipinski definition) is 3. The largest absolute Gasteiger partial charge is 0.456 e. The second kappa shape index (κ2) is 10.3. The summed E-state index contributed by atoms with van der Waals surface area (Å²) in [6, 6.07) is 0. The summed E-state index contributed by atoms with van der Waals surface area (Å²) in [6.07, 6.45) is 9.84. The Labute approximate surface area is 162 Å². The fourth-order valence-corrected chi connectivity index (χ4v) is 2.99. The quantitative estimate of drug-likeness (QED) is 0.157. The van der Waals surface area contributed by atoms with E-state index in [2.05, 4.69) is 46.0 Å². The van der Waals surface area contributed by atoms with Crippen LogP contribution in [0.2, 0.25) is 18.1 Å². The van der Waals surface area contributed by atoms with Gasteiger partial charge in [0.25, 0.3) is 0 Å². The Morgan fingerprint density at radius 3 is 2.12 bits per heavy atom. The lowest BCUT2D eigenvalue weighted by molar-refractivity contribution is -0.149. The van der Waals surface area contributed by atoms with Crippen LogP contribution in [-0.2, 0) is 14.0 Å². The molecule has 0 aromatic carbocycles. The normalized spacial score (nSPS) is 14.8. The fourth-order valence-electron chi connectivity index (χ4n) is 1.90. The summed E-state index contributed by atoms with van der Waals surface area (Å²) in [5, 5.41) is 0.257. The van der Waals surface area contributed by atoms with Crippen molar-refractivity contribution in [2.75, 3.05) is 6.61 Å². The highest BCUT2D eigenvalue weighted by atomic mass is 28.4. The Morgan fingerprint density at radius 2 is 1.65 bits per heavy atom. The average Bonchev–Trinajstić information content (AvgIpc) is 2.45. The maximum atomic E-state index is 12.1. The molecule has 0 heterocycles. The van der Waals surface area contributed by atoms with E-state index in [9.17, 15) is 4.79 Å². The molecule has 0 rings (SSSR count). The molecule has 0 aromatic heterocycles. The van der Waals surface area contributed by atoms with Gasteiger partial charge < -0.3 is 9.16 Å². The number of unbranched alkanes of at least 4 members (excludes halogenated alkanes) is 1. The lowest BCUT2D eigenvalue weighted by Gasteiger charge is -2.36. The van der Waals surface area contributed by atoms with Crippen molar-refractivity contribution in [3.8, 4) is 0 Å². The van der Waals surface area contributed by atoms with Crippen molar-refractivity contribution in [1.29, 1.82) is 0 Å². The van der Waals surface area contributed by atoms with Crippen molar-refractivity contribution in [2.24, 2.45) is 0 Å². The van der Waals surface area contributed by atoms with Gasteiger partial charge in [0.2, 0.25) is 0 Å². The molecule has 0 radical (unpaired) electrons. The summed E-state index contributed by atoms with van der Waals surface area (Å²) >= 11 is 0. The molecule has 0 bridgehead atoms. The van der Waals surface area contributed by atoms with Crippen molar-refractivity contribution >= 4 is 14.3 Å². The Bertz CT molecular complexity index is 541. The molecular weight excluding hydrogens is 340 g/mol. The van der Waals surface area contributed by atoms with Crippen LogP contribution in [0.5, 0.6) is 0 Å². The van der Waals surface area contributed by atoms with Crippen LogP contribution in [0, 0.1) is 0 Å². The molecule has 0 aliphatic heterocycles. The van der Waals surface area contributed by atoms with Gasteiger partial charge in [0.05, 0.1) is 5.57 Å². The number of carbonyl (C=O) groups excluding carboxylic acids is 1. The SMILES string of the molecule is CC=C(C=C(C)C=CCCCO[Si](C)(C)C(C)(C)C)C(=O)OC(C)(C)C. The van der Waals surface area contributed by atoms with Crippen LogP contribution in [0.3, 0.4) is 0 Å². The first kappa shape index (κ1) is 24.9. The number of esters is 1. The first-order valence-corrected chi connectivity index (χ1v) is 12.5. The number of carbonyl (C=O) groups is 1. The van der Waals surface area contributed by atoms with Crippen LogP contribution in [0.25, 0.3) is 0 Å². The molecule has 150 valence electrons. The first-order valence-electron chi connectivity index (χ1n) is 9.58. The highest BCUT2D eigenvalue weighted by Gasteiger charge is 2.36. The van der Waals surface area contributed by atoms with Gasteiger partial charge in [0, 0.05) is 6.61 Å². The van der Waals surface area contributed by atoms with Gasteiger partial charge in [0.1, 0.15) is 5.60 Å². The van der Waals surface area contributed by atoms with Crippen molar-refractivity contribution in [3.05, 3.63) is 35.5 Å². The third kappa shape index (κ3) is 10.1. The van der Waals surface area contributed by atoms with Crippen molar-refractivity contribution in [2.45, 2.75) is 92.0 Å². The molecule has 0 aromatic rings. The summed E-state index contributed by atoms with van der Waals surface area (Å²) in [6.45, 7) is 21.6. The smallest absolute Gasteiger partial charge is 0.338 e. The van der Waals surface area contributed by atoms with Crippen molar-refractivity contribution in [1.82, 2.24) is 0 Å². The van der Waals surface area contributed by atoms with Gasteiger partial charge in [0.15, 0.2) is 8.32 Å². The Morgan fingerprint density at radius 1 is 1.08 bits per heavy atom. The molecule has 4 heteroatoms. The topological polar surface area (TPSA) is 35.5 Å². The minimum absolute atomic E-state index is 0.257. The third-order valence-electron chi connectivity index (χ3n) is 4.49. The highest BCUT2D eigenvalue weighted by Crippen LogP contribution is 2.36. The molecule has 0 unspecified atom stereocenters. The Hall–Kier alpha value is -1.13. The lowest BCUT2D eigenvalue weighted by Crippen LogP contribution is -2.40. The van der Waals surface area contributed by atoms with E-state index < -0.39 is 13.9 Å². The number of hydrogen-bond donors (Lipinski definition) is 0. The van der Waals surface area contributed by atoms with Gasteiger partial charge in [-0.15, -0.1) is 0 Å². The second-order valence-electron chi connectivity index (χ2n) is 9.29. The molecule has 0 amide bonds. The van der Waals surface area contributed by atoms with Crippen LogP contribution < -0.4 is 0 Å². The number of allylic oxidation sites excluding steroid dienone is 4. The number of ether oxygens (including phenoxy) is 1. The molecule has 0 aliphatic carbocycles. The zero-order valence-electron chi connectivity index (χ0n) is 18.7. The standard InChI is InChI=1S/C22H40O3Si/c1-11-19(20(23)25-21(3,4)5)17-18(2)15-13-12-14-16-24-26(9,10)22(6,7)8/h11,13,15,17H,12,14,16H2,1-10H3. The average molecular weight is 381 g/mol. The summed E-state index contributed by atoms with van der Waals surface area (Å²) in [5.74, 6) is -0.282.